The highest BCUT2D eigenvalue weighted by Crippen LogP contribution is 2.38. The third kappa shape index (κ3) is 5.52. The van der Waals surface area contributed by atoms with Gasteiger partial charge in [-0.05, 0) is 30.3 Å². The Hall–Kier alpha value is -3.80. The fourth-order valence-electron chi connectivity index (χ4n) is 3.19. The molecule has 12 heteroatoms. The largest absolute Gasteiger partial charge is 0.435 e. The minimum Gasteiger partial charge on any atom is -0.435 e. The molecule has 2 atom stereocenters. The lowest BCUT2D eigenvalue weighted by Gasteiger charge is -2.32. The van der Waals surface area contributed by atoms with E-state index in [1.807, 2.05) is 0 Å². The maximum atomic E-state index is 14.6. The minimum atomic E-state index is -2.95. The summed E-state index contributed by atoms with van der Waals surface area (Å²) < 4.78 is 58.3. The SMILES string of the molecule is CC(c1cn(-c2ccc(OC(F)F)cc2)nn1)C(O)(CN=CN=CN)c1ccc(F)cc1F. The van der Waals surface area contributed by atoms with E-state index in [2.05, 4.69) is 25.0 Å². The number of ether oxygens (including phenoxy) is 1. The van der Waals surface area contributed by atoms with E-state index in [-0.39, 0.29) is 23.6 Å². The van der Waals surface area contributed by atoms with Gasteiger partial charge in [0.05, 0.1) is 30.5 Å². The lowest BCUT2D eigenvalue weighted by Crippen LogP contribution is -2.37. The van der Waals surface area contributed by atoms with E-state index >= 15 is 0 Å². The van der Waals surface area contributed by atoms with Crippen molar-refractivity contribution in [3.8, 4) is 11.4 Å². The number of aliphatic imine (C=N–C) groups is 2. The monoisotopic (exact) mass is 464 g/mol. The Labute approximate surface area is 186 Å². The topological polar surface area (TPSA) is 111 Å². The van der Waals surface area contributed by atoms with Gasteiger partial charge in [0.15, 0.2) is 0 Å². The predicted molar refractivity (Wildman–Crippen MR) is 113 cm³/mol. The molecule has 3 aromatic rings. The highest BCUT2D eigenvalue weighted by molar-refractivity contribution is 5.69. The van der Waals surface area contributed by atoms with Gasteiger partial charge in [-0.15, -0.1) is 5.10 Å². The lowest BCUT2D eigenvalue weighted by molar-refractivity contribution is -0.0498. The molecule has 0 spiro atoms. The Kier molecular flexibility index (Phi) is 7.38. The van der Waals surface area contributed by atoms with Crippen molar-refractivity contribution in [3.63, 3.8) is 0 Å². The number of aromatic nitrogens is 3. The molecule has 0 aliphatic carbocycles. The molecule has 8 nitrogen and oxygen atoms in total. The predicted octanol–water partition coefficient (Wildman–Crippen LogP) is 3.15. The van der Waals surface area contributed by atoms with Gasteiger partial charge in [-0.1, -0.05) is 18.2 Å². The first-order valence-corrected chi connectivity index (χ1v) is 9.61. The number of alkyl halides is 2. The zero-order valence-corrected chi connectivity index (χ0v) is 17.3. The van der Waals surface area contributed by atoms with Crippen molar-refractivity contribution in [2.45, 2.75) is 25.1 Å². The number of nitrogens with two attached hydrogens (primary N) is 1. The van der Waals surface area contributed by atoms with Gasteiger partial charge in [-0.3, -0.25) is 4.99 Å². The second-order valence-corrected chi connectivity index (χ2v) is 6.98. The Morgan fingerprint density at radius 1 is 1.21 bits per heavy atom. The minimum absolute atomic E-state index is 0.0263. The van der Waals surface area contributed by atoms with Gasteiger partial charge in [0.25, 0.3) is 0 Å². The Bertz CT molecular complexity index is 1140. The molecule has 0 aliphatic rings. The Morgan fingerprint density at radius 3 is 2.58 bits per heavy atom. The van der Waals surface area contributed by atoms with Crippen LogP contribution < -0.4 is 10.5 Å². The van der Waals surface area contributed by atoms with Crippen LogP contribution >= 0.6 is 0 Å². The summed E-state index contributed by atoms with van der Waals surface area (Å²) in [4.78, 5) is 7.59. The van der Waals surface area contributed by atoms with Crippen LogP contribution in [0.15, 0.2) is 58.6 Å². The quantitative estimate of drug-likeness (QED) is 0.287. The summed E-state index contributed by atoms with van der Waals surface area (Å²) in [5, 5.41) is 19.5. The van der Waals surface area contributed by atoms with Crippen molar-refractivity contribution >= 4 is 12.7 Å². The van der Waals surface area contributed by atoms with Gasteiger partial charge in [-0.25, -0.2) is 18.5 Å². The number of hydrogen-bond donors (Lipinski definition) is 2. The smallest absolute Gasteiger partial charge is 0.387 e. The first-order valence-electron chi connectivity index (χ1n) is 9.61. The molecule has 2 aromatic carbocycles. The van der Waals surface area contributed by atoms with E-state index in [1.54, 1.807) is 6.92 Å². The number of nitrogens with zero attached hydrogens (tertiary/aromatic N) is 5. The van der Waals surface area contributed by atoms with Gasteiger partial charge in [0, 0.05) is 17.5 Å². The molecule has 1 aromatic heterocycles. The number of hydrogen-bond acceptors (Lipinski definition) is 5. The second kappa shape index (κ2) is 10.2. The average Bonchev–Trinajstić information content (AvgIpc) is 3.26. The zero-order chi connectivity index (χ0) is 24.0. The van der Waals surface area contributed by atoms with Crippen LogP contribution in [-0.4, -0.2) is 45.9 Å². The average molecular weight is 464 g/mol. The standard InChI is InChI=1S/C21H20F4N6O2/c1-13(19-9-31(30-29-19)15-3-5-16(6-4-15)33-20(24)25)21(32,10-27-12-28-11-26)17-7-2-14(22)8-18(17)23/h2-9,11-13,20,32H,10H2,1H3,(H2,26,27,28). The molecule has 0 fully saturated rings. The third-order valence-corrected chi connectivity index (χ3v) is 4.96. The van der Waals surface area contributed by atoms with Gasteiger partial charge in [-0.2, -0.15) is 8.78 Å². The molecule has 0 amide bonds. The van der Waals surface area contributed by atoms with Crippen molar-refractivity contribution < 1.29 is 27.4 Å². The van der Waals surface area contributed by atoms with Crippen LogP contribution in [0, 0.1) is 11.6 Å². The zero-order valence-electron chi connectivity index (χ0n) is 17.3. The van der Waals surface area contributed by atoms with Gasteiger partial charge < -0.3 is 15.6 Å². The van der Waals surface area contributed by atoms with Crippen LogP contribution in [0.1, 0.15) is 24.1 Å². The van der Waals surface area contributed by atoms with Crippen molar-refractivity contribution in [1.29, 1.82) is 0 Å². The van der Waals surface area contributed by atoms with Gasteiger partial charge >= 0.3 is 6.61 Å². The Balaban J connectivity index is 1.93. The van der Waals surface area contributed by atoms with Crippen LogP contribution in [0.3, 0.4) is 0 Å². The van der Waals surface area contributed by atoms with Gasteiger partial charge in [0.2, 0.25) is 0 Å². The maximum absolute atomic E-state index is 14.6. The van der Waals surface area contributed by atoms with E-state index in [9.17, 15) is 22.7 Å². The summed E-state index contributed by atoms with van der Waals surface area (Å²) in [6, 6.07) is 8.47. The fourth-order valence-corrected chi connectivity index (χ4v) is 3.19. The summed E-state index contributed by atoms with van der Waals surface area (Å²) in [7, 11) is 0. The van der Waals surface area contributed by atoms with E-state index in [0.29, 0.717) is 11.8 Å². The second-order valence-electron chi connectivity index (χ2n) is 6.98. The summed E-state index contributed by atoms with van der Waals surface area (Å²) in [6.07, 6.45) is 3.58. The molecular formula is C21H20F4N6O2. The molecule has 0 aliphatic heterocycles. The molecule has 174 valence electrons. The van der Waals surface area contributed by atoms with E-state index in [0.717, 1.165) is 24.8 Å². The normalized spacial score (nSPS) is 14.8. The molecule has 1 heterocycles. The highest BCUT2D eigenvalue weighted by Gasteiger charge is 2.40. The lowest BCUT2D eigenvalue weighted by atomic mass is 9.80. The van der Waals surface area contributed by atoms with Crippen molar-refractivity contribution in [2.75, 3.05) is 6.54 Å². The molecular weight excluding hydrogens is 444 g/mol. The van der Waals surface area contributed by atoms with Crippen LogP contribution in [0.5, 0.6) is 5.75 Å². The summed E-state index contributed by atoms with van der Waals surface area (Å²) in [5.41, 5.74) is 3.79. The van der Waals surface area contributed by atoms with Crippen molar-refractivity contribution in [2.24, 2.45) is 15.7 Å². The Morgan fingerprint density at radius 2 is 1.94 bits per heavy atom. The van der Waals surface area contributed by atoms with E-state index < -0.39 is 29.8 Å². The number of rotatable bonds is 9. The summed E-state index contributed by atoms with van der Waals surface area (Å²) in [6.45, 7) is -1.70. The van der Waals surface area contributed by atoms with Gasteiger partial charge in [0.1, 0.15) is 29.3 Å². The van der Waals surface area contributed by atoms with Crippen molar-refractivity contribution in [3.05, 3.63) is 71.6 Å². The number of aliphatic hydroxyl groups is 1. The van der Waals surface area contributed by atoms with Crippen LogP contribution in [0.25, 0.3) is 5.69 Å². The third-order valence-electron chi connectivity index (χ3n) is 4.96. The van der Waals surface area contributed by atoms with Crippen LogP contribution in [0.2, 0.25) is 0 Å². The molecule has 33 heavy (non-hydrogen) atoms. The highest BCUT2D eigenvalue weighted by atomic mass is 19.3. The summed E-state index contributed by atoms with van der Waals surface area (Å²) >= 11 is 0. The van der Waals surface area contributed by atoms with Crippen molar-refractivity contribution in [1.82, 2.24) is 15.0 Å². The van der Waals surface area contributed by atoms with E-state index in [4.69, 9.17) is 5.73 Å². The maximum Gasteiger partial charge on any atom is 0.387 e. The number of benzene rings is 2. The molecule has 0 saturated carbocycles. The molecule has 0 radical (unpaired) electrons. The molecule has 0 bridgehead atoms. The first kappa shape index (κ1) is 23.9. The van der Waals surface area contributed by atoms with E-state index in [1.165, 1.54) is 35.1 Å². The van der Waals surface area contributed by atoms with Crippen LogP contribution in [0.4, 0.5) is 17.6 Å². The molecule has 3 N–H and O–H groups in total. The number of halogens is 4. The van der Waals surface area contributed by atoms with Crippen LogP contribution in [-0.2, 0) is 5.60 Å². The molecule has 2 unspecified atom stereocenters. The first-order chi connectivity index (χ1) is 15.7. The molecule has 0 saturated heterocycles. The molecule has 3 rings (SSSR count). The summed E-state index contributed by atoms with van der Waals surface area (Å²) in [5.74, 6) is -2.63. The fraction of sp³-hybridized carbons (Fsp3) is 0.238.